The number of halogens is 2. The Morgan fingerprint density at radius 2 is 1.93 bits per heavy atom. The summed E-state index contributed by atoms with van der Waals surface area (Å²) in [5.74, 6) is 0.941. The number of aromatic nitrogens is 4. The average molecular weight is 450 g/mol. The maximum Gasteiger partial charge on any atom is 0.227 e. The molecule has 7 nitrogen and oxygen atoms in total. The molecule has 0 unspecified atom stereocenters. The molecular formula is C18H18BrClN6O. The highest BCUT2D eigenvalue weighted by Gasteiger charge is 2.25. The molecule has 1 aromatic carbocycles. The summed E-state index contributed by atoms with van der Waals surface area (Å²) in [6.07, 6.45) is 1.88. The van der Waals surface area contributed by atoms with E-state index in [9.17, 15) is 4.79 Å². The first-order valence-electron chi connectivity index (χ1n) is 8.64. The maximum atomic E-state index is 12.6. The van der Waals surface area contributed by atoms with E-state index in [-0.39, 0.29) is 5.91 Å². The SMILES string of the molecule is Cn1nc(Br)c2c(N3CCN(C(=O)Cc4ccccc4Cl)CC3)ncnc21. The van der Waals surface area contributed by atoms with Crippen LogP contribution < -0.4 is 4.90 Å². The predicted molar refractivity (Wildman–Crippen MR) is 108 cm³/mol. The molecule has 27 heavy (non-hydrogen) atoms. The Hall–Kier alpha value is -2.19. The molecule has 0 radical (unpaired) electrons. The first-order chi connectivity index (χ1) is 13.0. The number of hydrogen-bond donors (Lipinski definition) is 0. The van der Waals surface area contributed by atoms with E-state index in [0.717, 1.165) is 27.0 Å². The van der Waals surface area contributed by atoms with Gasteiger partial charge in [0.15, 0.2) is 5.65 Å². The van der Waals surface area contributed by atoms with E-state index < -0.39 is 0 Å². The summed E-state index contributed by atoms with van der Waals surface area (Å²) in [4.78, 5) is 25.5. The first kappa shape index (κ1) is 18.2. The van der Waals surface area contributed by atoms with Gasteiger partial charge in [0.05, 0.1) is 11.8 Å². The number of aryl methyl sites for hydroxylation is 1. The highest BCUT2D eigenvalue weighted by atomic mass is 79.9. The summed E-state index contributed by atoms with van der Waals surface area (Å²) in [5, 5.41) is 5.90. The molecule has 0 atom stereocenters. The standard InChI is InChI=1S/C18H18BrClN6O/c1-24-17-15(16(19)23-24)18(22-11-21-17)26-8-6-25(7-9-26)14(27)10-12-4-2-3-5-13(12)20/h2-5,11H,6-10H2,1H3. The van der Waals surface area contributed by atoms with Crippen LogP contribution in [0.3, 0.4) is 0 Å². The Balaban J connectivity index is 1.47. The molecule has 3 heterocycles. The van der Waals surface area contributed by atoms with Crippen LogP contribution in [0.4, 0.5) is 5.82 Å². The molecule has 1 fully saturated rings. The molecule has 0 spiro atoms. The van der Waals surface area contributed by atoms with Gasteiger partial charge in [0.1, 0.15) is 16.7 Å². The van der Waals surface area contributed by atoms with Crippen LogP contribution in [0.5, 0.6) is 0 Å². The normalized spacial score (nSPS) is 14.8. The van der Waals surface area contributed by atoms with Gasteiger partial charge in [0.25, 0.3) is 0 Å². The summed E-state index contributed by atoms with van der Waals surface area (Å²) >= 11 is 9.68. The zero-order chi connectivity index (χ0) is 19.0. The van der Waals surface area contributed by atoms with Crippen LogP contribution in [0.25, 0.3) is 11.0 Å². The lowest BCUT2D eigenvalue weighted by atomic mass is 10.1. The predicted octanol–water partition coefficient (Wildman–Crippen LogP) is 2.67. The van der Waals surface area contributed by atoms with Gasteiger partial charge in [0.2, 0.25) is 5.91 Å². The van der Waals surface area contributed by atoms with E-state index in [1.54, 1.807) is 11.0 Å². The number of hydrogen-bond acceptors (Lipinski definition) is 5. The van der Waals surface area contributed by atoms with Crippen LogP contribution in [-0.4, -0.2) is 56.7 Å². The van der Waals surface area contributed by atoms with Crippen molar-refractivity contribution < 1.29 is 4.79 Å². The number of anilines is 1. The lowest BCUT2D eigenvalue weighted by Gasteiger charge is -2.35. The van der Waals surface area contributed by atoms with Gasteiger partial charge in [-0.25, -0.2) is 14.6 Å². The second-order valence-electron chi connectivity index (χ2n) is 6.45. The Bertz CT molecular complexity index is 999. The van der Waals surface area contributed by atoms with Crippen molar-refractivity contribution in [3.05, 3.63) is 45.8 Å². The molecule has 1 amide bonds. The van der Waals surface area contributed by atoms with Gasteiger partial charge in [-0.3, -0.25) is 4.79 Å². The fourth-order valence-electron chi connectivity index (χ4n) is 3.35. The summed E-state index contributed by atoms with van der Waals surface area (Å²) in [5.41, 5.74) is 1.65. The minimum atomic E-state index is 0.0955. The van der Waals surface area contributed by atoms with Gasteiger partial charge in [0, 0.05) is 38.2 Å². The summed E-state index contributed by atoms with van der Waals surface area (Å²) in [6, 6.07) is 7.48. The van der Waals surface area contributed by atoms with Gasteiger partial charge < -0.3 is 9.80 Å². The van der Waals surface area contributed by atoms with E-state index in [4.69, 9.17) is 11.6 Å². The third-order valence-electron chi connectivity index (χ3n) is 4.79. The first-order valence-corrected chi connectivity index (χ1v) is 9.81. The third-order valence-corrected chi connectivity index (χ3v) is 5.71. The molecule has 0 N–H and O–H groups in total. The van der Waals surface area contributed by atoms with Gasteiger partial charge in [-0.2, -0.15) is 5.10 Å². The Morgan fingerprint density at radius 3 is 2.67 bits per heavy atom. The fraction of sp³-hybridized carbons (Fsp3) is 0.333. The number of fused-ring (bicyclic) bond motifs is 1. The van der Waals surface area contributed by atoms with Crippen molar-refractivity contribution in [3.63, 3.8) is 0 Å². The van der Waals surface area contributed by atoms with E-state index in [1.165, 1.54) is 0 Å². The largest absolute Gasteiger partial charge is 0.352 e. The van der Waals surface area contributed by atoms with Crippen molar-refractivity contribution in [1.29, 1.82) is 0 Å². The smallest absolute Gasteiger partial charge is 0.227 e. The molecule has 2 aromatic heterocycles. The molecule has 1 aliphatic rings. The zero-order valence-corrected chi connectivity index (χ0v) is 17.1. The minimum absolute atomic E-state index is 0.0955. The van der Waals surface area contributed by atoms with Crippen molar-refractivity contribution in [1.82, 2.24) is 24.6 Å². The summed E-state index contributed by atoms with van der Waals surface area (Å²) in [7, 11) is 1.86. The van der Waals surface area contributed by atoms with Crippen LogP contribution in [0.1, 0.15) is 5.56 Å². The van der Waals surface area contributed by atoms with Crippen LogP contribution >= 0.6 is 27.5 Å². The number of nitrogens with zero attached hydrogens (tertiary/aromatic N) is 6. The van der Waals surface area contributed by atoms with E-state index in [2.05, 4.69) is 35.9 Å². The maximum absolute atomic E-state index is 12.6. The molecular weight excluding hydrogens is 432 g/mol. The second kappa shape index (κ2) is 7.44. The Labute approximate surface area is 170 Å². The van der Waals surface area contributed by atoms with Crippen LogP contribution in [-0.2, 0) is 18.3 Å². The molecule has 1 aliphatic heterocycles. The van der Waals surface area contributed by atoms with Gasteiger partial charge in [-0.15, -0.1) is 0 Å². The second-order valence-corrected chi connectivity index (χ2v) is 7.60. The molecule has 3 aromatic rings. The lowest BCUT2D eigenvalue weighted by molar-refractivity contribution is -0.130. The molecule has 9 heteroatoms. The number of benzene rings is 1. The van der Waals surface area contributed by atoms with Crippen molar-refractivity contribution in [2.24, 2.45) is 7.05 Å². The van der Waals surface area contributed by atoms with E-state index in [1.807, 2.05) is 36.2 Å². The van der Waals surface area contributed by atoms with Crippen LogP contribution in [0.15, 0.2) is 35.2 Å². The molecule has 4 rings (SSSR count). The lowest BCUT2D eigenvalue weighted by Crippen LogP contribution is -2.49. The van der Waals surface area contributed by atoms with Gasteiger partial charge in [-0.1, -0.05) is 29.8 Å². The van der Waals surface area contributed by atoms with E-state index in [0.29, 0.717) is 37.6 Å². The zero-order valence-electron chi connectivity index (χ0n) is 14.8. The van der Waals surface area contributed by atoms with Crippen molar-refractivity contribution >= 4 is 50.3 Å². The number of carbonyl (C=O) groups excluding carboxylic acids is 1. The highest BCUT2D eigenvalue weighted by Crippen LogP contribution is 2.30. The molecule has 0 aliphatic carbocycles. The Kier molecular flexibility index (Phi) is 5.01. The fourth-order valence-corrected chi connectivity index (χ4v) is 4.15. The summed E-state index contributed by atoms with van der Waals surface area (Å²) < 4.78 is 2.46. The molecule has 1 saturated heterocycles. The van der Waals surface area contributed by atoms with Crippen molar-refractivity contribution in [2.45, 2.75) is 6.42 Å². The monoisotopic (exact) mass is 448 g/mol. The van der Waals surface area contributed by atoms with Crippen LogP contribution in [0.2, 0.25) is 5.02 Å². The van der Waals surface area contributed by atoms with Crippen molar-refractivity contribution in [2.75, 3.05) is 31.1 Å². The average Bonchev–Trinajstić information content (AvgIpc) is 2.98. The van der Waals surface area contributed by atoms with Gasteiger partial charge in [-0.05, 0) is 27.6 Å². The van der Waals surface area contributed by atoms with Gasteiger partial charge >= 0.3 is 0 Å². The number of carbonyl (C=O) groups is 1. The summed E-state index contributed by atoms with van der Waals surface area (Å²) in [6.45, 7) is 2.71. The molecule has 0 bridgehead atoms. The topological polar surface area (TPSA) is 67.2 Å². The van der Waals surface area contributed by atoms with Crippen LogP contribution in [0, 0.1) is 0 Å². The molecule has 0 saturated carbocycles. The molecule has 140 valence electrons. The highest BCUT2D eigenvalue weighted by molar-refractivity contribution is 9.10. The Morgan fingerprint density at radius 1 is 1.19 bits per heavy atom. The number of piperazine rings is 1. The quantitative estimate of drug-likeness (QED) is 0.615. The van der Waals surface area contributed by atoms with E-state index >= 15 is 0 Å². The number of rotatable bonds is 3. The minimum Gasteiger partial charge on any atom is -0.352 e. The number of amides is 1. The van der Waals surface area contributed by atoms with Crippen molar-refractivity contribution in [3.8, 4) is 0 Å². The third kappa shape index (κ3) is 3.51.